The average Bonchev–Trinajstić information content (AvgIpc) is 2.89. The van der Waals surface area contributed by atoms with Gasteiger partial charge in [-0.15, -0.1) is 0 Å². The highest BCUT2D eigenvalue weighted by molar-refractivity contribution is 5.56. The molecule has 0 saturated heterocycles. The first kappa shape index (κ1) is 14.1. The topological polar surface area (TPSA) is 54.2 Å². The molecular weight excluding hydrogens is 264 g/mol. The molecular formula is C16H22N4O. The zero-order valence-corrected chi connectivity index (χ0v) is 12.6. The van der Waals surface area contributed by atoms with Gasteiger partial charge in [-0.05, 0) is 18.4 Å². The first-order valence-corrected chi connectivity index (χ1v) is 7.53. The highest BCUT2D eigenvalue weighted by Crippen LogP contribution is 2.34. The van der Waals surface area contributed by atoms with E-state index in [9.17, 15) is 5.11 Å². The Bertz CT molecular complexity index is 608. The molecule has 3 rings (SSSR count). The molecule has 5 nitrogen and oxygen atoms in total. The highest BCUT2D eigenvalue weighted by Gasteiger charge is 2.24. The Labute approximate surface area is 125 Å². The molecule has 2 heterocycles. The first-order valence-electron chi connectivity index (χ1n) is 7.53. The summed E-state index contributed by atoms with van der Waals surface area (Å²) in [7, 11) is 0. The van der Waals surface area contributed by atoms with Crippen LogP contribution >= 0.6 is 0 Å². The van der Waals surface area contributed by atoms with Crippen LogP contribution in [0.15, 0.2) is 30.6 Å². The lowest BCUT2D eigenvalue weighted by molar-refractivity contribution is 0.164. The number of hydrogen-bond acceptors (Lipinski definition) is 4. The fourth-order valence-corrected chi connectivity index (χ4v) is 2.86. The Morgan fingerprint density at radius 3 is 2.95 bits per heavy atom. The number of nitrogens with zero attached hydrogens (tertiary/aromatic N) is 4. The maximum atomic E-state index is 10.1. The second-order valence-corrected chi connectivity index (χ2v) is 6.04. The SMILES string of the molecule is CC(C)Cn1ncnc1CN1CCC(O)c2ccccc21. The third kappa shape index (κ3) is 2.93. The molecule has 0 saturated carbocycles. The standard InChI is InChI=1S/C16H22N4O/c1-12(2)9-20-16(17-11-18-20)10-19-8-7-15(21)13-5-3-4-6-14(13)19/h3-6,11-12,15,21H,7-10H2,1-2H3. The lowest BCUT2D eigenvalue weighted by Crippen LogP contribution is -2.32. The molecule has 0 spiro atoms. The monoisotopic (exact) mass is 286 g/mol. The molecule has 0 aliphatic carbocycles. The summed E-state index contributed by atoms with van der Waals surface area (Å²) in [5.74, 6) is 1.52. The summed E-state index contributed by atoms with van der Waals surface area (Å²) >= 11 is 0. The van der Waals surface area contributed by atoms with Gasteiger partial charge in [0, 0.05) is 24.3 Å². The van der Waals surface area contributed by atoms with Crippen LogP contribution in [0.25, 0.3) is 0 Å². The first-order chi connectivity index (χ1) is 10.1. The van der Waals surface area contributed by atoms with Gasteiger partial charge in [0.25, 0.3) is 0 Å². The summed E-state index contributed by atoms with van der Waals surface area (Å²) < 4.78 is 1.98. The van der Waals surface area contributed by atoms with Gasteiger partial charge in [0.1, 0.15) is 12.2 Å². The molecule has 0 bridgehead atoms. The van der Waals surface area contributed by atoms with E-state index in [2.05, 4.69) is 34.9 Å². The maximum absolute atomic E-state index is 10.1. The smallest absolute Gasteiger partial charge is 0.146 e. The molecule has 1 atom stereocenters. The van der Waals surface area contributed by atoms with Crippen LogP contribution in [0.3, 0.4) is 0 Å². The minimum atomic E-state index is -0.356. The van der Waals surface area contributed by atoms with Crippen molar-refractivity contribution in [1.82, 2.24) is 14.8 Å². The third-order valence-corrected chi connectivity index (χ3v) is 3.87. The maximum Gasteiger partial charge on any atom is 0.146 e. The molecule has 1 aromatic carbocycles. The fraction of sp³-hybridized carbons (Fsp3) is 0.500. The number of aliphatic hydroxyl groups is 1. The highest BCUT2D eigenvalue weighted by atomic mass is 16.3. The van der Waals surface area contributed by atoms with Crippen molar-refractivity contribution in [1.29, 1.82) is 0 Å². The lowest BCUT2D eigenvalue weighted by Gasteiger charge is -2.33. The van der Waals surface area contributed by atoms with E-state index >= 15 is 0 Å². The van der Waals surface area contributed by atoms with Crippen LogP contribution in [0.1, 0.15) is 37.8 Å². The van der Waals surface area contributed by atoms with Gasteiger partial charge < -0.3 is 10.0 Å². The van der Waals surface area contributed by atoms with Gasteiger partial charge in [-0.2, -0.15) is 5.10 Å². The van der Waals surface area contributed by atoms with Crippen LogP contribution in [0, 0.1) is 5.92 Å². The van der Waals surface area contributed by atoms with Crippen molar-refractivity contribution in [2.75, 3.05) is 11.4 Å². The Hall–Kier alpha value is -1.88. The van der Waals surface area contributed by atoms with Gasteiger partial charge in [0.05, 0.1) is 12.6 Å². The summed E-state index contributed by atoms with van der Waals surface area (Å²) in [4.78, 5) is 6.68. The molecule has 1 N–H and O–H groups in total. The Morgan fingerprint density at radius 2 is 2.14 bits per heavy atom. The van der Waals surface area contributed by atoms with Gasteiger partial charge in [-0.1, -0.05) is 32.0 Å². The fourth-order valence-electron chi connectivity index (χ4n) is 2.86. The van der Waals surface area contributed by atoms with Crippen molar-refractivity contribution < 1.29 is 5.11 Å². The van der Waals surface area contributed by atoms with Crippen molar-refractivity contribution in [3.05, 3.63) is 42.0 Å². The lowest BCUT2D eigenvalue weighted by atomic mass is 9.99. The van der Waals surface area contributed by atoms with E-state index in [4.69, 9.17) is 0 Å². The number of fused-ring (bicyclic) bond motifs is 1. The zero-order valence-electron chi connectivity index (χ0n) is 12.6. The normalized spacial score (nSPS) is 18.1. The zero-order chi connectivity index (χ0) is 14.8. The second kappa shape index (κ2) is 5.85. The molecule has 21 heavy (non-hydrogen) atoms. The van der Waals surface area contributed by atoms with E-state index in [-0.39, 0.29) is 6.10 Å². The summed E-state index contributed by atoms with van der Waals surface area (Å²) in [5.41, 5.74) is 2.12. The van der Waals surface area contributed by atoms with Crippen LogP contribution in [0.5, 0.6) is 0 Å². The number of aromatic nitrogens is 3. The Morgan fingerprint density at radius 1 is 1.33 bits per heavy atom. The molecule has 2 aromatic rings. The number of para-hydroxylation sites is 1. The molecule has 112 valence electrons. The van der Waals surface area contributed by atoms with Gasteiger partial charge in [-0.25, -0.2) is 9.67 Å². The van der Waals surface area contributed by atoms with E-state index in [1.54, 1.807) is 6.33 Å². The predicted octanol–water partition coefficient (Wildman–Crippen LogP) is 2.38. The second-order valence-electron chi connectivity index (χ2n) is 6.04. The van der Waals surface area contributed by atoms with E-state index in [0.717, 1.165) is 43.1 Å². The van der Waals surface area contributed by atoms with Crippen LogP contribution in [-0.4, -0.2) is 26.4 Å². The van der Waals surface area contributed by atoms with Gasteiger partial charge in [-0.3, -0.25) is 0 Å². The molecule has 0 amide bonds. The number of hydrogen-bond donors (Lipinski definition) is 1. The van der Waals surface area contributed by atoms with Crippen LogP contribution in [0.4, 0.5) is 5.69 Å². The van der Waals surface area contributed by atoms with Crippen molar-refractivity contribution in [3.63, 3.8) is 0 Å². The van der Waals surface area contributed by atoms with E-state index in [1.807, 2.05) is 22.9 Å². The quantitative estimate of drug-likeness (QED) is 0.937. The molecule has 0 radical (unpaired) electrons. The third-order valence-electron chi connectivity index (χ3n) is 3.87. The molecule has 1 aliphatic heterocycles. The summed E-state index contributed by atoms with van der Waals surface area (Å²) in [6.45, 7) is 6.81. The molecule has 1 aromatic heterocycles. The van der Waals surface area contributed by atoms with E-state index in [0.29, 0.717) is 5.92 Å². The number of anilines is 1. The van der Waals surface area contributed by atoms with E-state index < -0.39 is 0 Å². The molecule has 0 fully saturated rings. The summed E-state index contributed by atoms with van der Waals surface area (Å²) in [5, 5.41) is 14.4. The number of rotatable bonds is 4. The number of benzene rings is 1. The average molecular weight is 286 g/mol. The molecule has 1 aliphatic rings. The Balaban J connectivity index is 1.83. The summed E-state index contributed by atoms with van der Waals surface area (Å²) in [6, 6.07) is 8.07. The van der Waals surface area contributed by atoms with Crippen molar-refractivity contribution >= 4 is 5.69 Å². The molecule has 5 heteroatoms. The number of aliphatic hydroxyl groups excluding tert-OH is 1. The minimum absolute atomic E-state index is 0.356. The van der Waals surface area contributed by atoms with Crippen LogP contribution < -0.4 is 4.90 Å². The van der Waals surface area contributed by atoms with E-state index in [1.165, 1.54) is 0 Å². The van der Waals surface area contributed by atoms with Crippen molar-refractivity contribution in [2.24, 2.45) is 5.92 Å². The molecule has 1 unspecified atom stereocenters. The predicted molar refractivity (Wildman–Crippen MR) is 81.9 cm³/mol. The summed E-state index contributed by atoms with van der Waals surface area (Å²) in [6.07, 6.45) is 2.03. The Kier molecular flexibility index (Phi) is 3.92. The van der Waals surface area contributed by atoms with Crippen molar-refractivity contribution in [3.8, 4) is 0 Å². The van der Waals surface area contributed by atoms with Gasteiger partial charge in [0.15, 0.2) is 0 Å². The van der Waals surface area contributed by atoms with Gasteiger partial charge in [0.2, 0.25) is 0 Å². The van der Waals surface area contributed by atoms with Crippen molar-refractivity contribution in [2.45, 2.75) is 39.5 Å². The van der Waals surface area contributed by atoms with Crippen LogP contribution in [-0.2, 0) is 13.1 Å². The largest absolute Gasteiger partial charge is 0.388 e. The van der Waals surface area contributed by atoms with Crippen LogP contribution in [0.2, 0.25) is 0 Å². The minimum Gasteiger partial charge on any atom is -0.388 e. The van der Waals surface area contributed by atoms with Gasteiger partial charge >= 0.3 is 0 Å².